The third-order valence-corrected chi connectivity index (χ3v) is 7.47. The first-order valence-corrected chi connectivity index (χ1v) is 13.9. The number of methoxy groups -OCH3 is 1. The minimum absolute atomic E-state index is 0.0831. The molecule has 3 aromatic carbocycles. The molecule has 0 fully saturated rings. The Labute approximate surface area is 234 Å². The monoisotopic (exact) mass is 536 g/mol. The van der Waals surface area contributed by atoms with Gasteiger partial charge in [0.2, 0.25) is 0 Å². The normalized spacial score (nSPS) is 12.2. The SMILES string of the molecule is CCc1ccc2[nH]c(=O)c(CN(Cc3ccccc3OC)C(CC)c3nnnn3CCc3ccccc3)cc2c1. The molecule has 0 aliphatic rings. The van der Waals surface area contributed by atoms with E-state index in [9.17, 15) is 4.79 Å². The van der Waals surface area contributed by atoms with Crippen LogP contribution < -0.4 is 10.3 Å². The molecule has 40 heavy (non-hydrogen) atoms. The summed E-state index contributed by atoms with van der Waals surface area (Å²) in [5, 5.41) is 13.9. The molecule has 0 bridgehead atoms. The average Bonchev–Trinajstić information content (AvgIpc) is 3.45. The smallest absolute Gasteiger partial charge is 0.252 e. The number of aryl methyl sites for hydroxylation is 3. The van der Waals surface area contributed by atoms with Crippen molar-refractivity contribution in [3.63, 3.8) is 0 Å². The number of ether oxygens (including phenoxy) is 1. The quantitative estimate of drug-likeness (QED) is 0.227. The Morgan fingerprint density at radius 1 is 0.925 bits per heavy atom. The van der Waals surface area contributed by atoms with Crippen LogP contribution in [0, 0.1) is 0 Å². The minimum Gasteiger partial charge on any atom is -0.496 e. The molecular weight excluding hydrogens is 500 g/mol. The van der Waals surface area contributed by atoms with Gasteiger partial charge in [0.15, 0.2) is 5.82 Å². The van der Waals surface area contributed by atoms with Crippen LogP contribution in [0.1, 0.15) is 54.4 Å². The maximum absolute atomic E-state index is 13.3. The number of fused-ring (bicyclic) bond motifs is 1. The van der Waals surface area contributed by atoms with Crippen LogP contribution in [0.15, 0.2) is 83.7 Å². The first-order chi connectivity index (χ1) is 19.6. The van der Waals surface area contributed by atoms with Gasteiger partial charge >= 0.3 is 0 Å². The average molecular weight is 537 g/mol. The second-order valence-corrected chi connectivity index (χ2v) is 10.0. The standard InChI is InChI=1S/C32H36N6O2/c1-4-23-15-16-28-26(19-23)20-27(32(39)33-28)22-37(21-25-13-9-10-14-30(25)40-3)29(5-2)31-34-35-36-38(31)18-17-24-11-7-6-8-12-24/h6-16,19-20,29H,4-5,17-18,21-22H2,1-3H3,(H,33,39). The summed E-state index contributed by atoms with van der Waals surface area (Å²) >= 11 is 0. The Kier molecular flexibility index (Phi) is 8.66. The lowest BCUT2D eigenvalue weighted by molar-refractivity contribution is 0.159. The molecule has 0 radical (unpaired) electrons. The molecule has 206 valence electrons. The van der Waals surface area contributed by atoms with Crippen molar-refractivity contribution in [2.45, 2.75) is 58.8 Å². The van der Waals surface area contributed by atoms with Gasteiger partial charge in [-0.3, -0.25) is 9.69 Å². The van der Waals surface area contributed by atoms with Crippen molar-refractivity contribution in [1.29, 1.82) is 0 Å². The Morgan fingerprint density at radius 2 is 1.70 bits per heavy atom. The lowest BCUT2D eigenvalue weighted by atomic mass is 10.0. The van der Waals surface area contributed by atoms with Gasteiger partial charge < -0.3 is 9.72 Å². The number of aromatic amines is 1. The van der Waals surface area contributed by atoms with Crippen molar-refractivity contribution in [3.05, 3.63) is 117 Å². The number of para-hydroxylation sites is 1. The highest BCUT2D eigenvalue weighted by Crippen LogP contribution is 2.29. The van der Waals surface area contributed by atoms with E-state index in [4.69, 9.17) is 4.74 Å². The Hall–Kier alpha value is -4.30. The van der Waals surface area contributed by atoms with Gasteiger partial charge in [-0.05, 0) is 70.5 Å². The second-order valence-electron chi connectivity index (χ2n) is 10.0. The van der Waals surface area contributed by atoms with Gasteiger partial charge in [-0.1, -0.05) is 68.4 Å². The van der Waals surface area contributed by atoms with Crippen LogP contribution >= 0.6 is 0 Å². The molecule has 8 nitrogen and oxygen atoms in total. The van der Waals surface area contributed by atoms with E-state index in [1.165, 1.54) is 11.1 Å². The van der Waals surface area contributed by atoms with Crippen LogP contribution in [-0.4, -0.2) is 37.2 Å². The third kappa shape index (κ3) is 6.13. The summed E-state index contributed by atoms with van der Waals surface area (Å²) in [5.74, 6) is 1.60. The van der Waals surface area contributed by atoms with Crippen LogP contribution in [0.25, 0.3) is 10.9 Å². The van der Waals surface area contributed by atoms with E-state index in [1.807, 2.05) is 53.2 Å². The van der Waals surface area contributed by atoms with E-state index in [1.54, 1.807) is 7.11 Å². The Bertz CT molecular complexity index is 1610. The Balaban J connectivity index is 1.51. The molecule has 8 heteroatoms. The largest absolute Gasteiger partial charge is 0.496 e. The molecule has 2 aromatic heterocycles. The number of hydrogen-bond acceptors (Lipinski definition) is 6. The van der Waals surface area contributed by atoms with E-state index >= 15 is 0 Å². The van der Waals surface area contributed by atoms with Crippen LogP contribution in [0.3, 0.4) is 0 Å². The number of rotatable bonds is 12. The zero-order chi connectivity index (χ0) is 27.9. The molecule has 1 atom stereocenters. The molecule has 0 saturated carbocycles. The van der Waals surface area contributed by atoms with Gasteiger partial charge in [0.05, 0.1) is 13.2 Å². The third-order valence-electron chi connectivity index (χ3n) is 7.47. The summed E-state index contributed by atoms with van der Waals surface area (Å²) in [7, 11) is 1.68. The van der Waals surface area contributed by atoms with E-state index in [2.05, 4.69) is 69.6 Å². The second kappa shape index (κ2) is 12.7. The van der Waals surface area contributed by atoms with Gasteiger partial charge in [-0.15, -0.1) is 5.10 Å². The van der Waals surface area contributed by atoms with E-state index in [-0.39, 0.29) is 11.6 Å². The van der Waals surface area contributed by atoms with Crippen LogP contribution in [-0.2, 0) is 32.5 Å². The van der Waals surface area contributed by atoms with Crippen LogP contribution in [0.4, 0.5) is 0 Å². The van der Waals surface area contributed by atoms with Gasteiger partial charge in [-0.2, -0.15) is 0 Å². The highest BCUT2D eigenvalue weighted by atomic mass is 16.5. The molecule has 2 heterocycles. The number of aromatic nitrogens is 5. The van der Waals surface area contributed by atoms with Crippen LogP contribution in [0.5, 0.6) is 5.75 Å². The van der Waals surface area contributed by atoms with Crippen molar-refractivity contribution in [2.24, 2.45) is 0 Å². The molecule has 1 N–H and O–H groups in total. The van der Waals surface area contributed by atoms with Crippen molar-refractivity contribution >= 4 is 10.9 Å². The number of nitrogens with zero attached hydrogens (tertiary/aromatic N) is 5. The molecule has 5 aromatic rings. The maximum Gasteiger partial charge on any atom is 0.252 e. The maximum atomic E-state index is 13.3. The summed E-state index contributed by atoms with van der Waals surface area (Å²) in [6, 6.07) is 26.5. The van der Waals surface area contributed by atoms with Gasteiger partial charge in [0.1, 0.15) is 5.75 Å². The molecule has 0 saturated heterocycles. The highest BCUT2D eigenvalue weighted by molar-refractivity contribution is 5.79. The van der Waals surface area contributed by atoms with Crippen LogP contribution in [0.2, 0.25) is 0 Å². The first kappa shape index (κ1) is 27.3. The molecule has 0 spiro atoms. The topological polar surface area (TPSA) is 88.9 Å². The highest BCUT2D eigenvalue weighted by Gasteiger charge is 2.27. The predicted molar refractivity (Wildman–Crippen MR) is 157 cm³/mol. The van der Waals surface area contributed by atoms with Crippen molar-refractivity contribution < 1.29 is 4.74 Å². The summed E-state index contributed by atoms with van der Waals surface area (Å²) in [5.41, 5.74) is 4.98. The van der Waals surface area contributed by atoms with Crippen molar-refractivity contribution in [2.75, 3.05) is 7.11 Å². The van der Waals surface area contributed by atoms with Gasteiger partial charge in [0.25, 0.3) is 5.56 Å². The molecule has 1 unspecified atom stereocenters. The number of nitrogens with one attached hydrogen (secondary N) is 1. The first-order valence-electron chi connectivity index (χ1n) is 13.9. The van der Waals surface area contributed by atoms with Gasteiger partial charge in [0, 0.05) is 36.3 Å². The summed E-state index contributed by atoms with van der Waals surface area (Å²) in [6.45, 7) is 5.94. The fourth-order valence-corrected chi connectivity index (χ4v) is 5.28. The molecule has 5 rings (SSSR count). The predicted octanol–water partition coefficient (Wildman–Crippen LogP) is 5.48. The molecule has 0 aliphatic heterocycles. The lowest BCUT2D eigenvalue weighted by Gasteiger charge is -2.30. The molecule has 0 aliphatic carbocycles. The zero-order valence-electron chi connectivity index (χ0n) is 23.4. The fourth-order valence-electron chi connectivity index (χ4n) is 5.28. The molecule has 0 amide bonds. The number of H-pyrrole nitrogens is 1. The Morgan fingerprint density at radius 3 is 2.48 bits per heavy atom. The summed E-state index contributed by atoms with van der Waals surface area (Å²) in [6.07, 6.45) is 2.53. The molecular formula is C32H36N6O2. The van der Waals surface area contributed by atoms with Crippen molar-refractivity contribution in [1.82, 2.24) is 30.1 Å². The summed E-state index contributed by atoms with van der Waals surface area (Å²) < 4.78 is 7.58. The zero-order valence-corrected chi connectivity index (χ0v) is 23.4. The number of pyridine rings is 1. The van der Waals surface area contributed by atoms with E-state index < -0.39 is 0 Å². The fraction of sp³-hybridized carbons (Fsp3) is 0.312. The number of tetrazole rings is 1. The van der Waals surface area contributed by atoms with Gasteiger partial charge in [-0.25, -0.2) is 4.68 Å². The number of hydrogen-bond donors (Lipinski definition) is 1. The number of benzene rings is 3. The van der Waals surface area contributed by atoms with E-state index in [0.717, 1.165) is 47.3 Å². The van der Waals surface area contributed by atoms with E-state index in [0.29, 0.717) is 25.2 Å². The summed E-state index contributed by atoms with van der Waals surface area (Å²) in [4.78, 5) is 18.6. The minimum atomic E-state index is -0.118. The van der Waals surface area contributed by atoms with Crippen molar-refractivity contribution in [3.8, 4) is 5.75 Å². The lowest BCUT2D eigenvalue weighted by Crippen LogP contribution is -2.32.